The first-order valence-corrected chi connectivity index (χ1v) is 10.4. The first kappa shape index (κ1) is 19.9. The van der Waals surface area contributed by atoms with Gasteiger partial charge < -0.3 is 10.1 Å². The number of benzene rings is 1. The van der Waals surface area contributed by atoms with Crippen LogP contribution in [0, 0.1) is 5.41 Å². The number of fused-ring (bicyclic) bond motifs is 1. The minimum atomic E-state index is -0.190. The highest BCUT2D eigenvalue weighted by Crippen LogP contribution is 2.41. The lowest BCUT2D eigenvalue weighted by atomic mass is 9.74. The molecular formula is C22H31N5O2. The van der Waals surface area contributed by atoms with Crippen molar-refractivity contribution < 1.29 is 9.53 Å². The second kappa shape index (κ2) is 7.80. The zero-order chi connectivity index (χ0) is 20.6. The zero-order valence-electron chi connectivity index (χ0n) is 17.7. The zero-order valence-corrected chi connectivity index (χ0v) is 17.7. The van der Waals surface area contributed by atoms with Crippen molar-refractivity contribution in [1.29, 1.82) is 0 Å². The number of nitrogens with one attached hydrogen (secondary N) is 3. The molecule has 1 saturated heterocycles. The number of methoxy groups -OCH3 is 1. The second-order valence-electron chi connectivity index (χ2n) is 8.94. The summed E-state index contributed by atoms with van der Waals surface area (Å²) in [4.78, 5) is 12.9. The predicted octanol–water partition coefficient (Wildman–Crippen LogP) is 2.66. The largest absolute Gasteiger partial charge is 0.497 e. The lowest BCUT2D eigenvalue weighted by Crippen LogP contribution is -2.46. The molecular weight excluding hydrogens is 366 g/mol. The van der Waals surface area contributed by atoms with Crippen molar-refractivity contribution in [2.45, 2.75) is 64.6 Å². The van der Waals surface area contributed by atoms with Gasteiger partial charge in [0, 0.05) is 11.6 Å². The molecule has 0 radical (unpaired) electrons. The number of ether oxygens (including phenoxy) is 1. The minimum Gasteiger partial charge on any atom is -0.497 e. The Morgan fingerprint density at radius 1 is 1.31 bits per heavy atom. The van der Waals surface area contributed by atoms with Gasteiger partial charge in [-0.05, 0) is 55.4 Å². The summed E-state index contributed by atoms with van der Waals surface area (Å²) in [5.74, 6) is 0.877. The minimum absolute atomic E-state index is 0.0317. The highest BCUT2D eigenvalue weighted by molar-refractivity contribution is 5.82. The SMILES string of the molecule is CCC1CC(C(=O)NC2CC(C)(C)Cc3c2cnn3-c2ccc(OC)cc2)NN1. The van der Waals surface area contributed by atoms with E-state index in [9.17, 15) is 4.79 Å². The molecule has 2 heterocycles. The Balaban J connectivity index is 1.58. The van der Waals surface area contributed by atoms with Gasteiger partial charge in [-0.15, -0.1) is 0 Å². The van der Waals surface area contributed by atoms with Crippen molar-refractivity contribution in [3.8, 4) is 11.4 Å². The molecule has 3 atom stereocenters. The number of hydrogen-bond donors (Lipinski definition) is 3. The topological polar surface area (TPSA) is 80.2 Å². The molecule has 1 amide bonds. The average Bonchev–Trinajstić information content (AvgIpc) is 3.34. The van der Waals surface area contributed by atoms with Crippen LogP contribution < -0.4 is 20.9 Å². The number of carbonyl (C=O) groups excluding carboxylic acids is 1. The number of aromatic nitrogens is 2. The molecule has 156 valence electrons. The van der Waals surface area contributed by atoms with Gasteiger partial charge in [0.15, 0.2) is 0 Å². The fourth-order valence-corrected chi connectivity index (χ4v) is 4.45. The summed E-state index contributed by atoms with van der Waals surface area (Å²) in [6.45, 7) is 6.63. The van der Waals surface area contributed by atoms with E-state index in [-0.39, 0.29) is 23.4 Å². The molecule has 0 bridgehead atoms. The lowest BCUT2D eigenvalue weighted by molar-refractivity contribution is -0.123. The molecule has 29 heavy (non-hydrogen) atoms. The molecule has 7 heteroatoms. The van der Waals surface area contributed by atoms with E-state index < -0.39 is 0 Å². The van der Waals surface area contributed by atoms with Crippen molar-refractivity contribution in [2.24, 2.45) is 5.41 Å². The van der Waals surface area contributed by atoms with E-state index >= 15 is 0 Å². The van der Waals surface area contributed by atoms with Gasteiger partial charge in [-0.3, -0.25) is 10.2 Å². The van der Waals surface area contributed by atoms with Gasteiger partial charge in [0.05, 0.1) is 30.7 Å². The van der Waals surface area contributed by atoms with Crippen molar-refractivity contribution >= 4 is 5.91 Å². The highest BCUT2D eigenvalue weighted by atomic mass is 16.5. The van der Waals surface area contributed by atoms with Gasteiger partial charge in [-0.1, -0.05) is 20.8 Å². The van der Waals surface area contributed by atoms with E-state index in [2.05, 4.69) is 42.0 Å². The quantitative estimate of drug-likeness (QED) is 0.723. The molecule has 1 aliphatic carbocycles. The summed E-state index contributed by atoms with van der Waals surface area (Å²) >= 11 is 0. The fraction of sp³-hybridized carbons (Fsp3) is 0.545. The van der Waals surface area contributed by atoms with E-state index in [1.165, 1.54) is 5.69 Å². The Labute approximate surface area is 172 Å². The number of nitrogens with zero attached hydrogens (tertiary/aromatic N) is 2. The molecule has 1 fully saturated rings. The Morgan fingerprint density at radius 3 is 2.72 bits per heavy atom. The van der Waals surface area contributed by atoms with Crippen molar-refractivity contribution in [3.63, 3.8) is 0 Å². The van der Waals surface area contributed by atoms with Crippen LogP contribution >= 0.6 is 0 Å². The number of amides is 1. The second-order valence-corrected chi connectivity index (χ2v) is 8.94. The normalized spacial score (nSPS) is 25.4. The van der Waals surface area contributed by atoms with Crippen molar-refractivity contribution in [3.05, 3.63) is 41.7 Å². The monoisotopic (exact) mass is 397 g/mol. The molecule has 3 N–H and O–H groups in total. The maximum absolute atomic E-state index is 12.9. The van der Waals surface area contributed by atoms with Crippen molar-refractivity contribution in [2.75, 3.05) is 7.11 Å². The maximum Gasteiger partial charge on any atom is 0.239 e. The van der Waals surface area contributed by atoms with Crippen LogP contribution in [0.3, 0.4) is 0 Å². The van der Waals surface area contributed by atoms with Gasteiger partial charge in [-0.25, -0.2) is 10.1 Å². The van der Waals surface area contributed by atoms with E-state index in [4.69, 9.17) is 4.74 Å². The van der Waals surface area contributed by atoms with Crippen LogP contribution in [-0.2, 0) is 11.2 Å². The van der Waals surface area contributed by atoms with Crippen LogP contribution in [0.15, 0.2) is 30.5 Å². The average molecular weight is 398 g/mol. The third-order valence-corrected chi connectivity index (χ3v) is 6.10. The van der Waals surface area contributed by atoms with Crippen LogP contribution in [0.1, 0.15) is 57.3 Å². The smallest absolute Gasteiger partial charge is 0.239 e. The van der Waals surface area contributed by atoms with Gasteiger partial charge in [0.2, 0.25) is 5.91 Å². The molecule has 1 aliphatic heterocycles. The van der Waals surface area contributed by atoms with Crippen LogP contribution in [0.25, 0.3) is 5.69 Å². The predicted molar refractivity (Wildman–Crippen MR) is 112 cm³/mol. The van der Waals surface area contributed by atoms with Gasteiger partial charge in [0.25, 0.3) is 0 Å². The van der Waals surface area contributed by atoms with Crippen LogP contribution in [0.5, 0.6) is 5.75 Å². The standard InChI is InChI=1S/C22H31N5O2/c1-5-14-10-18(26-25-14)21(28)24-19-11-22(2,3)12-20-17(19)13-23-27(20)15-6-8-16(29-4)9-7-15/h6-9,13-14,18-19,25-26H,5,10-12H2,1-4H3,(H,24,28). The first-order valence-electron chi connectivity index (χ1n) is 10.4. The third kappa shape index (κ3) is 4.02. The number of carbonyl (C=O) groups is 1. The van der Waals surface area contributed by atoms with Gasteiger partial charge in [-0.2, -0.15) is 5.10 Å². The van der Waals surface area contributed by atoms with Gasteiger partial charge in [0.1, 0.15) is 11.8 Å². The van der Waals surface area contributed by atoms with E-state index in [0.29, 0.717) is 6.04 Å². The summed E-state index contributed by atoms with van der Waals surface area (Å²) in [5.41, 5.74) is 9.70. The number of hydrogen-bond acceptors (Lipinski definition) is 5. The molecule has 2 aliphatic rings. The summed E-state index contributed by atoms with van der Waals surface area (Å²) in [5, 5.41) is 7.95. The molecule has 3 unspecified atom stereocenters. The summed E-state index contributed by atoms with van der Waals surface area (Å²) in [7, 11) is 1.66. The highest BCUT2D eigenvalue weighted by Gasteiger charge is 2.37. The summed E-state index contributed by atoms with van der Waals surface area (Å²) in [6, 6.07) is 8.04. The Bertz CT molecular complexity index is 874. The Morgan fingerprint density at radius 2 is 2.07 bits per heavy atom. The molecule has 1 aromatic carbocycles. The van der Waals surface area contributed by atoms with Crippen LogP contribution in [0.2, 0.25) is 0 Å². The maximum atomic E-state index is 12.9. The van der Waals surface area contributed by atoms with Crippen LogP contribution in [0.4, 0.5) is 0 Å². The summed E-state index contributed by atoms with van der Waals surface area (Å²) < 4.78 is 7.27. The van der Waals surface area contributed by atoms with Crippen LogP contribution in [-0.4, -0.2) is 34.9 Å². The molecule has 7 nitrogen and oxygen atoms in total. The lowest BCUT2D eigenvalue weighted by Gasteiger charge is -2.36. The number of rotatable bonds is 5. The Kier molecular flexibility index (Phi) is 5.36. The Hall–Kier alpha value is -2.38. The number of hydrazine groups is 1. The third-order valence-electron chi connectivity index (χ3n) is 6.10. The first-order chi connectivity index (χ1) is 13.9. The molecule has 4 rings (SSSR count). The van der Waals surface area contributed by atoms with Crippen molar-refractivity contribution in [1.82, 2.24) is 25.9 Å². The molecule has 2 aromatic rings. The summed E-state index contributed by atoms with van der Waals surface area (Å²) in [6.07, 6.45) is 5.55. The fourth-order valence-electron chi connectivity index (χ4n) is 4.45. The molecule has 0 saturated carbocycles. The molecule has 1 aromatic heterocycles. The van der Waals surface area contributed by atoms with Gasteiger partial charge >= 0.3 is 0 Å². The van der Waals surface area contributed by atoms with E-state index in [1.54, 1.807) is 7.11 Å². The van der Waals surface area contributed by atoms with E-state index in [1.807, 2.05) is 35.1 Å². The molecule has 0 spiro atoms. The van der Waals surface area contributed by atoms with E-state index in [0.717, 1.165) is 42.7 Å².